The molecule has 1 aliphatic carbocycles. The number of halogens is 4. The lowest BCUT2D eigenvalue weighted by Gasteiger charge is -2.26. The fourth-order valence-corrected chi connectivity index (χ4v) is 5.22. The number of benzene rings is 1. The Morgan fingerprint density at radius 3 is 2.75 bits per heavy atom. The molecule has 0 amide bonds. The molecule has 1 saturated carbocycles. The van der Waals surface area contributed by atoms with Crippen LogP contribution >= 0.6 is 11.6 Å². The van der Waals surface area contributed by atoms with E-state index in [9.17, 15) is 18.3 Å². The van der Waals surface area contributed by atoms with Gasteiger partial charge < -0.3 is 14.8 Å². The molecule has 3 aromatic heterocycles. The van der Waals surface area contributed by atoms with Gasteiger partial charge in [-0.15, -0.1) is 0 Å². The molecule has 0 radical (unpaired) electrons. The summed E-state index contributed by atoms with van der Waals surface area (Å²) in [6.45, 7) is -4.15. The zero-order chi connectivity index (χ0) is 28.1. The number of aromatic amines is 1. The van der Waals surface area contributed by atoms with Crippen molar-refractivity contribution in [3.8, 4) is 16.9 Å². The molecule has 0 spiro atoms. The average molecular weight is 522 g/mol. The van der Waals surface area contributed by atoms with E-state index in [4.69, 9.17) is 15.7 Å². The van der Waals surface area contributed by atoms with Crippen molar-refractivity contribution in [1.29, 1.82) is 0 Å². The largest absolute Gasteiger partial charge is 0.434 e. The highest BCUT2D eigenvalue weighted by Crippen LogP contribution is 2.42. The van der Waals surface area contributed by atoms with E-state index >= 15 is 0 Å². The van der Waals surface area contributed by atoms with Gasteiger partial charge >= 0.3 is 6.61 Å². The average Bonchev–Trinajstić information content (AvgIpc) is 3.46. The number of rotatable bonds is 6. The summed E-state index contributed by atoms with van der Waals surface area (Å²) in [5.41, 5.74) is 2.49. The molecule has 6 nitrogen and oxygen atoms in total. The molecule has 190 valence electrons. The number of pyridine rings is 1. The molecule has 2 N–H and O–H groups in total. The molecule has 1 aromatic carbocycles. The van der Waals surface area contributed by atoms with Crippen LogP contribution in [0.5, 0.6) is 5.75 Å². The van der Waals surface area contributed by atoms with E-state index in [0.29, 0.717) is 29.4 Å². The maximum absolute atomic E-state index is 14.5. The second kappa shape index (κ2) is 9.78. The van der Waals surface area contributed by atoms with Crippen LogP contribution in [0.2, 0.25) is 5.02 Å². The van der Waals surface area contributed by atoms with Crippen molar-refractivity contribution in [3.05, 3.63) is 64.5 Å². The minimum Gasteiger partial charge on any atom is -0.434 e. The van der Waals surface area contributed by atoms with Gasteiger partial charge in [-0.05, 0) is 56.4 Å². The van der Waals surface area contributed by atoms with Crippen LogP contribution in [0.15, 0.2) is 36.8 Å². The highest BCUT2D eigenvalue weighted by Gasteiger charge is 2.26. The van der Waals surface area contributed by atoms with Crippen molar-refractivity contribution in [1.82, 2.24) is 19.7 Å². The molecule has 1 aliphatic rings. The van der Waals surface area contributed by atoms with E-state index in [1.54, 1.807) is 18.5 Å². The number of hydrogen-bond acceptors (Lipinski definition) is 4. The number of ether oxygens (including phenoxy) is 1. The standard InChI is InChI=1S/C26H26ClF3N4O2/c1-13(23-22(36-26(29)30)8-7-21(28)24(23)27)19-11-32-25-18(19)9-15(10-31-25)20-12-33-34(14(20)2)16-3-5-17(35)6-4-16/h7-13,16-17,26,35H,3-6H2,1-2H3,(H,31,32)/t13-,16?,17?/m0/s1/i1D3. The first-order chi connectivity index (χ1) is 18.5. The molecule has 3 heterocycles. The first kappa shape index (κ1) is 21.1. The van der Waals surface area contributed by atoms with E-state index in [2.05, 4.69) is 19.8 Å². The predicted molar refractivity (Wildman–Crippen MR) is 131 cm³/mol. The lowest BCUT2D eigenvalue weighted by molar-refractivity contribution is -0.0505. The van der Waals surface area contributed by atoms with Crippen molar-refractivity contribution < 1.29 is 27.1 Å². The number of nitrogens with zero attached hydrogens (tertiary/aromatic N) is 3. The molecular weight excluding hydrogens is 493 g/mol. The Labute approximate surface area is 215 Å². The Hall–Kier alpha value is -3.04. The first-order valence-corrected chi connectivity index (χ1v) is 12.0. The van der Waals surface area contributed by atoms with Crippen molar-refractivity contribution >= 4 is 22.6 Å². The molecule has 0 unspecified atom stereocenters. The SMILES string of the molecule is [2H]C([2H])([2H])[C@H](c1c(OC(F)F)ccc(F)c1Cl)c1c[nH]c2ncc(-c3cnn(C4CCC(O)CC4)c3C)cc12. The Bertz CT molecular complexity index is 1500. The quantitative estimate of drug-likeness (QED) is 0.294. The molecular formula is C26H26ClF3N4O2. The Kier molecular flexibility index (Phi) is 5.73. The number of nitrogens with one attached hydrogen (secondary N) is 1. The fourth-order valence-electron chi connectivity index (χ4n) is 4.96. The molecule has 36 heavy (non-hydrogen) atoms. The third kappa shape index (κ3) is 4.46. The van der Waals surface area contributed by atoms with Gasteiger partial charge in [-0.3, -0.25) is 4.68 Å². The summed E-state index contributed by atoms with van der Waals surface area (Å²) in [5.74, 6) is -3.08. The molecule has 10 heteroatoms. The van der Waals surface area contributed by atoms with Gasteiger partial charge in [0.05, 0.1) is 23.4 Å². The summed E-state index contributed by atoms with van der Waals surface area (Å²) < 4.78 is 72.1. The van der Waals surface area contributed by atoms with Crippen LogP contribution in [0.25, 0.3) is 22.2 Å². The van der Waals surface area contributed by atoms with Gasteiger partial charge in [0.25, 0.3) is 0 Å². The summed E-state index contributed by atoms with van der Waals surface area (Å²) in [7, 11) is 0. The number of alkyl halides is 2. The van der Waals surface area contributed by atoms with Gasteiger partial charge in [0.1, 0.15) is 17.2 Å². The van der Waals surface area contributed by atoms with Crippen LogP contribution in [0, 0.1) is 12.7 Å². The molecule has 1 fully saturated rings. The number of hydrogen-bond donors (Lipinski definition) is 2. The van der Waals surface area contributed by atoms with E-state index in [-0.39, 0.29) is 17.7 Å². The van der Waals surface area contributed by atoms with Crippen LogP contribution in [-0.2, 0) is 0 Å². The van der Waals surface area contributed by atoms with Crippen LogP contribution < -0.4 is 4.74 Å². The predicted octanol–water partition coefficient (Wildman–Crippen LogP) is 6.76. The summed E-state index contributed by atoms with van der Waals surface area (Å²) in [4.78, 5) is 7.38. The molecule has 0 bridgehead atoms. The molecule has 0 aliphatic heterocycles. The van der Waals surface area contributed by atoms with E-state index in [0.717, 1.165) is 36.2 Å². The second-order valence-corrected chi connectivity index (χ2v) is 9.38. The normalized spacial score (nSPS) is 20.8. The van der Waals surface area contributed by atoms with Gasteiger partial charge in [-0.25, -0.2) is 9.37 Å². The van der Waals surface area contributed by atoms with Crippen LogP contribution in [0.3, 0.4) is 0 Å². The number of fused-ring (bicyclic) bond motifs is 1. The zero-order valence-corrected chi connectivity index (χ0v) is 20.1. The van der Waals surface area contributed by atoms with E-state index in [1.807, 2.05) is 11.6 Å². The topological polar surface area (TPSA) is 76.0 Å². The van der Waals surface area contributed by atoms with Crippen LogP contribution in [-0.4, -0.2) is 37.6 Å². The minimum atomic E-state index is -3.27. The van der Waals surface area contributed by atoms with Crippen LogP contribution in [0.1, 0.15) is 65.4 Å². The third-order valence-corrected chi connectivity index (χ3v) is 7.22. The minimum absolute atomic E-state index is 0.157. The third-order valence-electron chi connectivity index (χ3n) is 6.84. The maximum atomic E-state index is 14.5. The number of aliphatic hydroxyl groups excluding tert-OH is 1. The number of aromatic nitrogens is 4. The fraction of sp³-hybridized carbons (Fsp3) is 0.385. The summed E-state index contributed by atoms with van der Waals surface area (Å²) >= 11 is 6.18. The molecule has 1 atom stereocenters. The van der Waals surface area contributed by atoms with Crippen molar-refractivity contribution in [2.45, 2.75) is 64.1 Å². The Morgan fingerprint density at radius 1 is 1.25 bits per heavy atom. The van der Waals surface area contributed by atoms with E-state index in [1.165, 1.54) is 6.20 Å². The summed E-state index contributed by atoms with van der Waals surface area (Å²) in [5, 5.41) is 14.2. The highest BCUT2D eigenvalue weighted by molar-refractivity contribution is 6.31. The van der Waals surface area contributed by atoms with Crippen molar-refractivity contribution in [2.24, 2.45) is 0 Å². The van der Waals surface area contributed by atoms with Gasteiger partial charge in [-0.2, -0.15) is 13.9 Å². The summed E-state index contributed by atoms with van der Waals surface area (Å²) in [6, 6.07) is 3.70. The lowest BCUT2D eigenvalue weighted by Crippen LogP contribution is -2.22. The second-order valence-electron chi connectivity index (χ2n) is 9.00. The van der Waals surface area contributed by atoms with Gasteiger partial charge in [0.15, 0.2) is 0 Å². The molecule has 4 aromatic rings. The highest BCUT2D eigenvalue weighted by atomic mass is 35.5. The van der Waals surface area contributed by atoms with Crippen molar-refractivity contribution in [3.63, 3.8) is 0 Å². The first-order valence-electron chi connectivity index (χ1n) is 13.1. The van der Waals surface area contributed by atoms with Gasteiger partial charge in [0, 0.05) is 50.2 Å². The van der Waals surface area contributed by atoms with Gasteiger partial charge in [0.2, 0.25) is 0 Å². The van der Waals surface area contributed by atoms with Gasteiger partial charge in [-0.1, -0.05) is 18.5 Å². The monoisotopic (exact) mass is 521 g/mol. The van der Waals surface area contributed by atoms with E-state index < -0.39 is 41.5 Å². The summed E-state index contributed by atoms with van der Waals surface area (Å²) in [6.07, 6.45) is 7.49. The van der Waals surface area contributed by atoms with Crippen molar-refractivity contribution in [2.75, 3.05) is 0 Å². The number of aliphatic hydroxyl groups is 1. The molecule has 5 rings (SSSR count). The Morgan fingerprint density at radius 2 is 2.03 bits per heavy atom. The molecule has 0 saturated heterocycles. The smallest absolute Gasteiger partial charge is 0.387 e. The lowest BCUT2D eigenvalue weighted by atomic mass is 9.91. The van der Waals surface area contributed by atoms with Crippen LogP contribution in [0.4, 0.5) is 13.2 Å². The number of H-pyrrole nitrogens is 1. The Balaban J connectivity index is 1.62. The zero-order valence-electron chi connectivity index (χ0n) is 22.3. The maximum Gasteiger partial charge on any atom is 0.387 e.